The van der Waals surface area contributed by atoms with Crippen molar-refractivity contribution >= 4 is 11.8 Å². The summed E-state index contributed by atoms with van der Waals surface area (Å²) in [4.78, 5) is 22.0. The summed E-state index contributed by atoms with van der Waals surface area (Å²) in [5, 5.41) is 10.7. The largest absolute Gasteiger partial charge is 0.368 e. The number of aryl methyl sites for hydroxylation is 1. The predicted octanol–water partition coefficient (Wildman–Crippen LogP) is 0.676. The van der Waals surface area contributed by atoms with Crippen LogP contribution >= 0.6 is 0 Å². The number of nitrogens with two attached hydrogens (primary N) is 1. The van der Waals surface area contributed by atoms with Crippen molar-refractivity contribution in [2.24, 2.45) is 7.05 Å². The molecule has 8 heteroatoms. The van der Waals surface area contributed by atoms with Crippen molar-refractivity contribution in [1.29, 1.82) is 0 Å². The van der Waals surface area contributed by atoms with Crippen LogP contribution in [0.2, 0.25) is 0 Å². The molecule has 2 N–H and O–H groups in total. The SMILES string of the molecule is Cc1nc(N)ncc1-c1ncc([N+](=O)[O-])n1C. The van der Waals surface area contributed by atoms with Gasteiger partial charge in [-0.2, -0.15) is 0 Å². The number of hydrogen-bond acceptors (Lipinski definition) is 6. The predicted molar refractivity (Wildman–Crippen MR) is 60.0 cm³/mol. The average molecular weight is 234 g/mol. The molecule has 0 atom stereocenters. The summed E-state index contributed by atoms with van der Waals surface area (Å²) in [5.74, 6) is 0.514. The van der Waals surface area contributed by atoms with Crippen LogP contribution in [0.5, 0.6) is 0 Å². The molecule has 2 aromatic heterocycles. The van der Waals surface area contributed by atoms with E-state index in [9.17, 15) is 10.1 Å². The summed E-state index contributed by atoms with van der Waals surface area (Å²) in [7, 11) is 1.57. The molecule has 0 radical (unpaired) electrons. The molecule has 0 bridgehead atoms. The van der Waals surface area contributed by atoms with Crippen molar-refractivity contribution in [3.63, 3.8) is 0 Å². The lowest BCUT2D eigenvalue weighted by molar-refractivity contribution is -0.391. The molecule has 2 heterocycles. The van der Waals surface area contributed by atoms with Crippen LogP contribution in [-0.2, 0) is 7.05 Å². The van der Waals surface area contributed by atoms with Gasteiger partial charge in [0, 0.05) is 6.20 Å². The summed E-state index contributed by atoms with van der Waals surface area (Å²) in [6.07, 6.45) is 2.70. The van der Waals surface area contributed by atoms with Gasteiger partial charge in [-0.05, 0) is 11.8 Å². The second-order valence-corrected chi connectivity index (χ2v) is 3.48. The highest BCUT2D eigenvalue weighted by Crippen LogP contribution is 2.23. The molecule has 2 aromatic rings. The molecule has 0 spiro atoms. The quantitative estimate of drug-likeness (QED) is 0.603. The van der Waals surface area contributed by atoms with Gasteiger partial charge in [0.05, 0.1) is 18.3 Å². The van der Waals surface area contributed by atoms with Gasteiger partial charge in [-0.15, -0.1) is 0 Å². The molecule has 88 valence electrons. The Hall–Kier alpha value is -2.51. The van der Waals surface area contributed by atoms with Crippen LogP contribution in [0.25, 0.3) is 11.4 Å². The van der Waals surface area contributed by atoms with Gasteiger partial charge in [0.2, 0.25) is 11.8 Å². The van der Waals surface area contributed by atoms with Gasteiger partial charge >= 0.3 is 5.82 Å². The zero-order chi connectivity index (χ0) is 12.6. The molecule has 0 saturated heterocycles. The molecule has 17 heavy (non-hydrogen) atoms. The Morgan fingerprint density at radius 2 is 2.12 bits per heavy atom. The normalized spacial score (nSPS) is 10.5. The summed E-state index contributed by atoms with van der Waals surface area (Å²) in [5.41, 5.74) is 6.69. The second kappa shape index (κ2) is 3.81. The van der Waals surface area contributed by atoms with Gasteiger partial charge in [-0.25, -0.2) is 19.5 Å². The van der Waals surface area contributed by atoms with Crippen molar-refractivity contribution in [1.82, 2.24) is 19.5 Å². The highest BCUT2D eigenvalue weighted by atomic mass is 16.6. The van der Waals surface area contributed by atoms with E-state index in [1.165, 1.54) is 17.0 Å². The van der Waals surface area contributed by atoms with Crippen LogP contribution in [0, 0.1) is 17.0 Å². The average Bonchev–Trinajstić information content (AvgIpc) is 2.60. The lowest BCUT2D eigenvalue weighted by Crippen LogP contribution is -2.03. The zero-order valence-corrected chi connectivity index (χ0v) is 9.28. The molecule has 0 unspecified atom stereocenters. The van der Waals surface area contributed by atoms with E-state index >= 15 is 0 Å². The Balaban J connectivity index is 2.57. The summed E-state index contributed by atoms with van der Waals surface area (Å²) in [6.45, 7) is 1.74. The number of hydrogen-bond donors (Lipinski definition) is 1. The Labute approximate surface area is 96.3 Å². The molecule has 0 saturated carbocycles. The minimum Gasteiger partial charge on any atom is -0.368 e. The van der Waals surface area contributed by atoms with Gasteiger partial charge in [-0.3, -0.25) is 0 Å². The van der Waals surface area contributed by atoms with Crippen molar-refractivity contribution in [3.05, 3.63) is 28.2 Å². The van der Waals surface area contributed by atoms with E-state index in [0.29, 0.717) is 17.1 Å². The van der Waals surface area contributed by atoms with Crippen LogP contribution in [0.1, 0.15) is 5.69 Å². The number of nitrogen functional groups attached to an aromatic ring is 1. The molecule has 8 nitrogen and oxygen atoms in total. The van der Waals surface area contributed by atoms with Crippen molar-refractivity contribution in [3.8, 4) is 11.4 Å². The van der Waals surface area contributed by atoms with Crippen molar-refractivity contribution in [2.75, 3.05) is 5.73 Å². The molecule has 0 aliphatic carbocycles. The molecular formula is C9H10N6O2. The number of nitrogens with zero attached hydrogens (tertiary/aromatic N) is 5. The highest BCUT2D eigenvalue weighted by molar-refractivity contribution is 5.59. The lowest BCUT2D eigenvalue weighted by atomic mass is 10.2. The van der Waals surface area contributed by atoms with Crippen LogP contribution in [0.3, 0.4) is 0 Å². The van der Waals surface area contributed by atoms with Gasteiger partial charge in [0.1, 0.15) is 6.20 Å². The monoisotopic (exact) mass is 234 g/mol. The fourth-order valence-electron chi connectivity index (χ4n) is 1.52. The van der Waals surface area contributed by atoms with Crippen LogP contribution in [0.15, 0.2) is 12.4 Å². The maximum Gasteiger partial charge on any atom is 0.342 e. The molecular weight excluding hydrogens is 224 g/mol. The van der Waals surface area contributed by atoms with Gasteiger partial charge in [-0.1, -0.05) is 0 Å². The van der Waals surface area contributed by atoms with E-state index in [1.54, 1.807) is 14.0 Å². The molecule has 0 amide bonds. The molecule has 0 fully saturated rings. The van der Waals surface area contributed by atoms with Crippen LogP contribution < -0.4 is 5.73 Å². The second-order valence-electron chi connectivity index (χ2n) is 3.48. The molecule has 0 aliphatic heterocycles. The number of aromatic nitrogens is 4. The number of imidazole rings is 1. The topological polar surface area (TPSA) is 113 Å². The van der Waals surface area contributed by atoms with Gasteiger partial charge < -0.3 is 15.8 Å². The molecule has 0 aliphatic rings. The van der Waals surface area contributed by atoms with Gasteiger partial charge in [0.25, 0.3) is 0 Å². The van der Waals surface area contributed by atoms with E-state index < -0.39 is 4.92 Å². The smallest absolute Gasteiger partial charge is 0.342 e. The van der Waals surface area contributed by atoms with Crippen LogP contribution in [0.4, 0.5) is 11.8 Å². The molecule has 2 rings (SSSR count). The lowest BCUT2D eigenvalue weighted by Gasteiger charge is -2.02. The molecule has 0 aromatic carbocycles. The number of anilines is 1. The van der Waals surface area contributed by atoms with Crippen LogP contribution in [-0.4, -0.2) is 24.4 Å². The minimum atomic E-state index is -0.496. The Kier molecular flexibility index (Phi) is 2.47. The van der Waals surface area contributed by atoms with E-state index in [4.69, 9.17) is 5.73 Å². The number of rotatable bonds is 2. The Morgan fingerprint density at radius 3 is 2.65 bits per heavy atom. The van der Waals surface area contributed by atoms with E-state index in [-0.39, 0.29) is 11.8 Å². The first-order valence-electron chi connectivity index (χ1n) is 4.76. The maximum atomic E-state index is 10.7. The first kappa shape index (κ1) is 11.0. The fourth-order valence-corrected chi connectivity index (χ4v) is 1.52. The fraction of sp³-hybridized carbons (Fsp3) is 0.222. The van der Waals surface area contributed by atoms with Gasteiger partial charge in [0.15, 0.2) is 0 Å². The van der Waals surface area contributed by atoms with E-state index in [1.807, 2.05) is 0 Å². The van der Waals surface area contributed by atoms with E-state index in [2.05, 4.69) is 15.0 Å². The van der Waals surface area contributed by atoms with Crippen molar-refractivity contribution < 1.29 is 4.92 Å². The summed E-state index contributed by atoms with van der Waals surface area (Å²) in [6, 6.07) is 0. The zero-order valence-electron chi connectivity index (χ0n) is 9.28. The summed E-state index contributed by atoms with van der Waals surface area (Å²) < 4.78 is 1.38. The maximum absolute atomic E-state index is 10.7. The Morgan fingerprint density at radius 1 is 1.41 bits per heavy atom. The third-order valence-corrected chi connectivity index (χ3v) is 2.39. The van der Waals surface area contributed by atoms with E-state index in [0.717, 1.165) is 0 Å². The highest BCUT2D eigenvalue weighted by Gasteiger charge is 2.20. The third kappa shape index (κ3) is 1.80. The first-order chi connectivity index (χ1) is 8.00. The standard InChI is InChI=1S/C9H10N6O2/c1-5-6(3-12-9(10)13-5)8-11-4-7(14(8)2)15(16)17/h3-4H,1-2H3,(H2,10,12,13). The third-order valence-electron chi connectivity index (χ3n) is 2.39. The number of nitro groups is 1. The minimum absolute atomic E-state index is 0.0868. The summed E-state index contributed by atoms with van der Waals surface area (Å²) >= 11 is 0. The Bertz CT molecular complexity index is 591. The first-order valence-corrected chi connectivity index (χ1v) is 4.76. The van der Waals surface area contributed by atoms with Crippen molar-refractivity contribution in [2.45, 2.75) is 6.92 Å².